The lowest BCUT2D eigenvalue weighted by Crippen LogP contribution is -2.70. The molecular formula is C22H33NO10. The number of amides is 1. The van der Waals surface area contributed by atoms with Crippen LogP contribution in [0.2, 0.25) is 0 Å². The fourth-order valence-corrected chi connectivity index (χ4v) is 5.86. The third kappa shape index (κ3) is 4.37. The van der Waals surface area contributed by atoms with E-state index < -0.39 is 54.5 Å². The number of fused-ring (bicyclic) bond motifs is 2. The first-order valence-electron chi connectivity index (χ1n) is 11.6. The topological polar surface area (TPSA) is 150 Å². The van der Waals surface area contributed by atoms with Gasteiger partial charge < -0.3 is 29.7 Å². The van der Waals surface area contributed by atoms with Gasteiger partial charge in [0.25, 0.3) is 0 Å². The van der Waals surface area contributed by atoms with Crippen molar-refractivity contribution < 1.29 is 48.6 Å². The number of aliphatic hydroxyl groups is 1. The van der Waals surface area contributed by atoms with Gasteiger partial charge in [0.2, 0.25) is 18.0 Å². The fraction of sp³-hybridized carbons (Fsp3) is 0.864. The first-order chi connectivity index (χ1) is 15.6. The molecule has 0 radical (unpaired) electrons. The highest BCUT2D eigenvalue weighted by Gasteiger charge is 2.69. The molecule has 186 valence electrons. The van der Waals surface area contributed by atoms with E-state index in [1.54, 1.807) is 0 Å². The maximum atomic E-state index is 12.5. The summed E-state index contributed by atoms with van der Waals surface area (Å²) >= 11 is 0. The summed E-state index contributed by atoms with van der Waals surface area (Å²) in [4.78, 5) is 47.1. The predicted molar refractivity (Wildman–Crippen MR) is 109 cm³/mol. The minimum absolute atomic E-state index is 0.00192. The van der Waals surface area contributed by atoms with Crippen LogP contribution in [0.25, 0.3) is 0 Å². The van der Waals surface area contributed by atoms with Crippen molar-refractivity contribution in [2.45, 2.75) is 89.3 Å². The highest BCUT2D eigenvalue weighted by atomic mass is 17.3. The van der Waals surface area contributed by atoms with E-state index in [9.17, 15) is 14.4 Å². The smallest absolute Gasteiger partial charge is 0.328 e. The third-order valence-electron chi connectivity index (χ3n) is 7.72. The zero-order chi connectivity index (χ0) is 24.0. The summed E-state index contributed by atoms with van der Waals surface area (Å²) in [6.45, 7) is 5.24. The van der Waals surface area contributed by atoms with Gasteiger partial charge in [-0.3, -0.25) is 9.59 Å². The largest absolute Gasteiger partial charge is 0.480 e. The average molecular weight is 472 g/mol. The quantitative estimate of drug-likeness (QED) is 0.363. The van der Waals surface area contributed by atoms with Gasteiger partial charge in [0, 0.05) is 24.7 Å². The molecule has 4 saturated heterocycles. The Morgan fingerprint density at radius 2 is 1.88 bits per heavy atom. The van der Waals surface area contributed by atoms with Crippen LogP contribution in [0.1, 0.15) is 59.3 Å². The van der Waals surface area contributed by atoms with E-state index in [2.05, 4.69) is 12.2 Å². The number of aliphatic carboxylic acids is 1. The van der Waals surface area contributed by atoms with Crippen LogP contribution in [-0.4, -0.2) is 64.7 Å². The van der Waals surface area contributed by atoms with Gasteiger partial charge in [-0.05, 0) is 38.0 Å². The molecule has 0 aromatic rings. The van der Waals surface area contributed by atoms with Crippen LogP contribution >= 0.6 is 0 Å². The number of nitrogens with one attached hydrogen (secondary N) is 1. The minimum Gasteiger partial charge on any atom is -0.480 e. The van der Waals surface area contributed by atoms with Crippen molar-refractivity contribution in [1.29, 1.82) is 0 Å². The van der Waals surface area contributed by atoms with E-state index in [4.69, 9.17) is 34.2 Å². The second kappa shape index (κ2) is 9.10. The van der Waals surface area contributed by atoms with Crippen LogP contribution in [0, 0.1) is 23.7 Å². The van der Waals surface area contributed by atoms with Crippen LogP contribution in [0.5, 0.6) is 0 Å². The number of rotatable bonds is 7. The van der Waals surface area contributed by atoms with Crippen molar-refractivity contribution in [2.75, 3.05) is 6.61 Å². The molecule has 1 spiro atoms. The lowest BCUT2D eigenvalue weighted by Gasteiger charge is -2.59. The molecular weight excluding hydrogens is 438 g/mol. The molecule has 1 amide bonds. The van der Waals surface area contributed by atoms with Crippen LogP contribution in [-0.2, 0) is 38.4 Å². The fourth-order valence-electron chi connectivity index (χ4n) is 5.86. The summed E-state index contributed by atoms with van der Waals surface area (Å²) < 4.78 is 18.0. The monoisotopic (exact) mass is 471 g/mol. The van der Waals surface area contributed by atoms with Gasteiger partial charge in [-0.2, -0.15) is 0 Å². The number of hydrogen-bond acceptors (Lipinski definition) is 9. The predicted octanol–water partition coefficient (Wildman–Crippen LogP) is 1.08. The molecule has 2 bridgehead atoms. The standard InChI is InChI=1S/C22H33NO10/c1-11-4-5-14-12(2)19(29-17(26)7-6-16(25)23-15(10-24)18(27)28)30-20-22(14)13(11)8-9-21(3,31-20)32-33-22/h11-15,19-20,24H,4-10H2,1-3H3,(H,23,25)(H,27,28)/t11-,12-,13+,14+,15+,19-,20-,21+,22+/m1/s1. The van der Waals surface area contributed by atoms with Gasteiger partial charge in [-0.25, -0.2) is 14.6 Å². The Kier molecular flexibility index (Phi) is 6.71. The van der Waals surface area contributed by atoms with E-state index in [1.165, 1.54) is 0 Å². The Labute approximate surface area is 191 Å². The molecule has 5 aliphatic rings. The molecule has 4 aliphatic heterocycles. The molecule has 5 fully saturated rings. The van der Waals surface area contributed by atoms with Gasteiger partial charge in [0.05, 0.1) is 13.0 Å². The first-order valence-corrected chi connectivity index (χ1v) is 11.6. The Morgan fingerprint density at radius 1 is 1.12 bits per heavy atom. The van der Waals surface area contributed by atoms with Crippen molar-refractivity contribution in [3.63, 3.8) is 0 Å². The maximum absolute atomic E-state index is 12.5. The second-order valence-corrected chi connectivity index (χ2v) is 9.90. The van der Waals surface area contributed by atoms with E-state index in [0.717, 1.165) is 19.3 Å². The number of hydrogen-bond donors (Lipinski definition) is 3. The Morgan fingerprint density at radius 3 is 2.58 bits per heavy atom. The number of carboxylic acid groups (broad SMARTS) is 1. The Bertz CT molecular complexity index is 791. The molecule has 11 heteroatoms. The number of aliphatic hydroxyl groups excluding tert-OH is 1. The zero-order valence-corrected chi connectivity index (χ0v) is 19.2. The summed E-state index contributed by atoms with van der Waals surface area (Å²) in [6.07, 6.45) is 1.31. The third-order valence-corrected chi connectivity index (χ3v) is 7.72. The van der Waals surface area contributed by atoms with Gasteiger partial charge in [-0.15, -0.1) is 0 Å². The molecule has 0 aromatic carbocycles. The number of esters is 1. The van der Waals surface area contributed by atoms with Gasteiger partial charge in [0.15, 0.2) is 11.9 Å². The normalized spacial score (nSPS) is 42.5. The SMILES string of the molecule is C[C@H]1[C@H](OC(=O)CCC(=O)N[C@@H](CO)C(=O)O)O[C@@H]2O[C@]3(C)CC[C@H]4[C@H](C)CC[C@@H]1[C@]24OO3. The molecule has 1 saturated carbocycles. The van der Waals surface area contributed by atoms with E-state index in [-0.39, 0.29) is 30.6 Å². The van der Waals surface area contributed by atoms with Crippen LogP contribution in [0.3, 0.4) is 0 Å². The molecule has 0 unspecified atom stereocenters. The summed E-state index contributed by atoms with van der Waals surface area (Å²) in [5.41, 5.74) is -0.758. The van der Waals surface area contributed by atoms with Crippen molar-refractivity contribution in [2.24, 2.45) is 23.7 Å². The molecule has 33 heavy (non-hydrogen) atoms. The molecule has 3 N–H and O–H groups in total. The minimum atomic E-state index is -1.42. The number of ether oxygens (including phenoxy) is 3. The van der Waals surface area contributed by atoms with Crippen LogP contribution in [0.15, 0.2) is 0 Å². The highest BCUT2D eigenvalue weighted by molar-refractivity contribution is 5.85. The first kappa shape index (κ1) is 24.3. The summed E-state index contributed by atoms with van der Waals surface area (Å²) in [5, 5.41) is 20.0. The second-order valence-electron chi connectivity index (χ2n) is 9.90. The Balaban J connectivity index is 1.41. The van der Waals surface area contributed by atoms with Gasteiger partial charge >= 0.3 is 11.9 Å². The van der Waals surface area contributed by atoms with E-state index >= 15 is 0 Å². The summed E-state index contributed by atoms with van der Waals surface area (Å²) in [5.74, 6) is -3.17. The summed E-state index contributed by atoms with van der Waals surface area (Å²) in [7, 11) is 0. The van der Waals surface area contributed by atoms with Crippen LogP contribution in [0.4, 0.5) is 0 Å². The molecule has 5 rings (SSSR count). The highest BCUT2D eigenvalue weighted by Crippen LogP contribution is 2.60. The van der Waals surface area contributed by atoms with Crippen molar-refractivity contribution in [3.05, 3.63) is 0 Å². The van der Waals surface area contributed by atoms with Crippen molar-refractivity contribution >= 4 is 17.8 Å². The molecule has 4 heterocycles. The van der Waals surface area contributed by atoms with E-state index in [1.807, 2.05) is 13.8 Å². The number of carboxylic acids is 1. The van der Waals surface area contributed by atoms with Crippen LogP contribution < -0.4 is 5.32 Å². The molecule has 11 nitrogen and oxygen atoms in total. The summed E-state index contributed by atoms with van der Waals surface area (Å²) in [6, 6.07) is -1.42. The van der Waals surface area contributed by atoms with Crippen molar-refractivity contribution in [1.82, 2.24) is 5.32 Å². The van der Waals surface area contributed by atoms with Gasteiger partial charge in [0.1, 0.15) is 6.04 Å². The maximum Gasteiger partial charge on any atom is 0.328 e. The lowest BCUT2D eigenvalue weighted by atomic mass is 9.58. The lowest BCUT2D eigenvalue weighted by molar-refractivity contribution is -0.576. The molecule has 9 atom stereocenters. The number of carbonyl (C=O) groups is 3. The van der Waals surface area contributed by atoms with Crippen molar-refractivity contribution in [3.8, 4) is 0 Å². The Hall–Kier alpha value is -1.79. The average Bonchev–Trinajstić information content (AvgIpc) is 3.00. The zero-order valence-electron chi connectivity index (χ0n) is 19.2. The number of carbonyl (C=O) groups excluding carboxylic acids is 2. The van der Waals surface area contributed by atoms with Gasteiger partial charge in [-0.1, -0.05) is 13.8 Å². The molecule has 0 aromatic heterocycles. The molecule has 1 aliphatic carbocycles. The van der Waals surface area contributed by atoms with E-state index in [0.29, 0.717) is 12.3 Å².